The number of hydrogen-bond donors (Lipinski definition) is 1. The summed E-state index contributed by atoms with van der Waals surface area (Å²) >= 11 is 0. The number of rotatable bonds is 8. The van der Waals surface area contributed by atoms with E-state index in [0.717, 1.165) is 5.56 Å². The molecule has 0 aliphatic carbocycles. The van der Waals surface area contributed by atoms with Crippen LogP contribution in [0.2, 0.25) is 0 Å². The number of furan rings is 1. The van der Waals surface area contributed by atoms with Crippen LogP contribution < -0.4 is 5.32 Å². The van der Waals surface area contributed by atoms with E-state index in [1.54, 1.807) is 36.2 Å². The van der Waals surface area contributed by atoms with Crippen LogP contribution in [0.25, 0.3) is 0 Å². The molecule has 10 heteroatoms. The second-order valence-electron chi connectivity index (χ2n) is 8.36. The lowest BCUT2D eigenvalue weighted by Crippen LogP contribution is -2.50. The number of carbonyl (C=O) groups is 2. The Bertz CT molecular complexity index is 1240. The van der Waals surface area contributed by atoms with Crippen LogP contribution in [0.3, 0.4) is 0 Å². The zero-order valence-electron chi connectivity index (χ0n) is 19.5. The quantitative estimate of drug-likeness (QED) is 0.514. The average Bonchev–Trinajstić information content (AvgIpc) is 3.40. The molecule has 0 saturated carbocycles. The number of sulfonamides is 1. The van der Waals surface area contributed by atoms with Crippen molar-refractivity contribution in [2.24, 2.45) is 0 Å². The van der Waals surface area contributed by atoms with Crippen LogP contribution in [-0.4, -0.2) is 74.1 Å². The van der Waals surface area contributed by atoms with Crippen molar-refractivity contribution in [3.8, 4) is 0 Å². The van der Waals surface area contributed by atoms with E-state index in [1.807, 2.05) is 35.2 Å². The number of hydrogen-bond acceptors (Lipinski definition) is 6. The molecule has 0 unspecified atom stereocenters. The van der Waals surface area contributed by atoms with Gasteiger partial charge in [-0.05, 0) is 42.0 Å². The summed E-state index contributed by atoms with van der Waals surface area (Å²) in [5.41, 5.74) is 1.42. The smallest absolute Gasteiger partial charge is 0.289 e. The topological polar surface area (TPSA) is 103 Å². The molecule has 0 spiro atoms. The Balaban J connectivity index is 1.27. The molecule has 1 aliphatic rings. The predicted molar refractivity (Wildman–Crippen MR) is 131 cm³/mol. The Morgan fingerprint density at radius 3 is 2.26 bits per heavy atom. The molecular weight excluding hydrogens is 468 g/mol. The molecule has 9 nitrogen and oxygen atoms in total. The summed E-state index contributed by atoms with van der Waals surface area (Å²) in [5, 5.41) is 2.81. The van der Waals surface area contributed by atoms with Gasteiger partial charge < -0.3 is 14.6 Å². The zero-order chi connectivity index (χ0) is 24.8. The molecule has 1 N–H and O–H groups in total. The van der Waals surface area contributed by atoms with Gasteiger partial charge in [0.1, 0.15) is 0 Å². The lowest BCUT2D eigenvalue weighted by atomic mass is 10.2. The number of benzene rings is 2. The average molecular weight is 497 g/mol. The van der Waals surface area contributed by atoms with E-state index < -0.39 is 10.0 Å². The van der Waals surface area contributed by atoms with E-state index in [9.17, 15) is 18.0 Å². The molecule has 2 aromatic carbocycles. The molecule has 1 fully saturated rings. The van der Waals surface area contributed by atoms with E-state index in [4.69, 9.17) is 4.42 Å². The van der Waals surface area contributed by atoms with E-state index >= 15 is 0 Å². The minimum Gasteiger partial charge on any atom is -0.459 e. The Morgan fingerprint density at radius 1 is 0.943 bits per heavy atom. The first-order valence-corrected chi connectivity index (χ1v) is 12.7. The maximum atomic E-state index is 12.9. The minimum absolute atomic E-state index is 0.149. The summed E-state index contributed by atoms with van der Waals surface area (Å²) in [6.07, 6.45) is 1.47. The van der Waals surface area contributed by atoms with E-state index in [2.05, 4.69) is 5.32 Å². The highest BCUT2D eigenvalue weighted by atomic mass is 32.2. The molecule has 0 bridgehead atoms. The van der Waals surface area contributed by atoms with Crippen molar-refractivity contribution in [2.75, 3.05) is 45.1 Å². The molecule has 0 atom stereocenters. The summed E-state index contributed by atoms with van der Waals surface area (Å²) in [7, 11) is -2.12. The zero-order valence-corrected chi connectivity index (χ0v) is 20.3. The van der Waals surface area contributed by atoms with Crippen molar-refractivity contribution in [3.63, 3.8) is 0 Å². The Kier molecular flexibility index (Phi) is 7.64. The van der Waals surface area contributed by atoms with Gasteiger partial charge >= 0.3 is 0 Å². The van der Waals surface area contributed by atoms with Crippen molar-refractivity contribution in [2.45, 2.75) is 11.4 Å². The summed E-state index contributed by atoms with van der Waals surface area (Å²) in [4.78, 5) is 28.7. The van der Waals surface area contributed by atoms with Crippen molar-refractivity contribution >= 4 is 27.5 Å². The van der Waals surface area contributed by atoms with Gasteiger partial charge in [0.05, 0.1) is 17.7 Å². The minimum atomic E-state index is -3.66. The lowest BCUT2D eigenvalue weighted by molar-refractivity contribution is -0.117. The highest BCUT2D eigenvalue weighted by Crippen LogP contribution is 2.19. The van der Waals surface area contributed by atoms with E-state index in [0.29, 0.717) is 37.6 Å². The van der Waals surface area contributed by atoms with Crippen LogP contribution in [0, 0.1) is 0 Å². The monoisotopic (exact) mass is 496 g/mol. The highest BCUT2D eigenvalue weighted by molar-refractivity contribution is 7.89. The first-order valence-electron chi connectivity index (χ1n) is 11.3. The molecule has 4 rings (SSSR count). The number of anilines is 1. The summed E-state index contributed by atoms with van der Waals surface area (Å²) in [6.45, 7) is 2.62. The number of nitrogens with zero attached hydrogens (tertiary/aromatic N) is 3. The van der Waals surface area contributed by atoms with E-state index in [-0.39, 0.29) is 29.8 Å². The fourth-order valence-electron chi connectivity index (χ4n) is 3.88. The number of carbonyl (C=O) groups excluding carboxylic acids is 2. The molecule has 2 heterocycles. The molecule has 2 amide bonds. The second-order valence-corrected chi connectivity index (χ2v) is 10.4. The maximum Gasteiger partial charge on any atom is 0.289 e. The van der Waals surface area contributed by atoms with Crippen molar-refractivity contribution in [1.82, 2.24) is 14.1 Å². The lowest BCUT2D eigenvalue weighted by Gasteiger charge is -2.33. The third-order valence-corrected chi connectivity index (χ3v) is 7.67. The van der Waals surface area contributed by atoms with Crippen LogP contribution in [-0.2, 0) is 21.4 Å². The van der Waals surface area contributed by atoms with Crippen LogP contribution in [0.4, 0.5) is 5.69 Å². The molecular formula is C25H28N4O5S. The molecule has 35 heavy (non-hydrogen) atoms. The first kappa shape index (κ1) is 24.6. The summed E-state index contributed by atoms with van der Waals surface area (Å²) < 4.78 is 32.2. The third kappa shape index (κ3) is 6.16. The molecule has 0 radical (unpaired) electrons. The van der Waals surface area contributed by atoms with Gasteiger partial charge in [-0.15, -0.1) is 0 Å². The van der Waals surface area contributed by atoms with Gasteiger partial charge in [-0.1, -0.05) is 30.3 Å². The van der Waals surface area contributed by atoms with Gasteiger partial charge in [0.25, 0.3) is 5.91 Å². The predicted octanol–water partition coefficient (Wildman–Crippen LogP) is 2.50. The number of amides is 2. The molecule has 1 aliphatic heterocycles. The maximum absolute atomic E-state index is 12.9. The van der Waals surface area contributed by atoms with Crippen LogP contribution >= 0.6 is 0 Å². The summed E-state index contributed by atoms with van der Waals surface area (Å²) in [5.74, 6) is -0.0379. The molecule has 1 aromatic heterocycles. The van der Waals surface area contributed by atoms with Crippen LogP contribution in [0.15, 0.2) is 82.3 Å². The molecule has 3 aromatic rings. The number of piperazine rings is 1. The van der Waals surface area contributed by atoms with Gasteiger partial charge in [0, 0.05) is 45.5 Å². The molecule has 184 valence electrons. The third-order valence-electron chi connectivity index (χ3n) is 5.85. The van der Waals surface area contributed by atoms with Gasteiger partial charge in [0.2, 0.25) is 15.9 Å². The fraction of sp³-hybridized carbons (Fsp3) is 0.280. The Hall–Kier alpha value is -3.47. The van der Waals surface area contributed by atoms with Crippen molar-refractivity contribution in [3.05, 3.63) is 84.3 Å². The second kappa shape index (κ2) is 10.9. The van der Waals surface area contributed by atoms with E-state index in [1.165, 1.54) is 22.7 Å². The highest BCUT2D eigenvalue weighted by Gasteiger charge is 2.25. The Labute approximate surface area is 205 Å². The van der Waals surface area contributed by atoms with Crippen LogP contribution in [0.1, 0.15) is 16.1 Å². The summed E-state index contributed by atoms with van der Waals surface area (Å²) in [6, 6.07) is 18.8. The van der Waals surface area contributed by atoms with Gasteiger partial charge in [-0.2, -0.15) is 4.31 Å². The van der Waals surface area contributed by atoms with Crippen molar-refractivity contribution in [1.29, 1.82) is 0 Å². The first-order chi connectivity index (χ1) is 16.8. The largest absolute Gasteiger partial charge is 0.459 e. The Morgan fingerprint density at radius 2 is 1.63 bits per heavy atom. The SMILES string of the molecule is CN(Cc1ccccc1)S(=O)(=O)c1ccc(NC(=O)CN2CCN(C(=O)c3ccco3)CC2)cc1. The fourth-order valence-corrected chi connectivity index (χ4v) is 5.04. The van der Waals surface area contributed by atoms with Gasteiger partial charge in [-0.3, -0.25) is 14.5 Å². The van der Waals surface area contributed by atoms with Gasteiger partial charge in [-0.25, -0.2) is 8.42 Å². The standard InChI is InChI=1S/C25H28N4O5S/c1-27(18-20-6-3-2-4-7-20)35(32,33)22-11-9-21(10-12-22)26-24(30)19-28-13-15-29(16-14-28)25(31)23-8-5-17-34-23/h2-12,17H,13-16,18-19H2,1H3,(H,26,30). The molecule has 1 saturated heterocycles. The van der Waals surface area contributed by atoms with Crippen molar-refractivity contribution < 1.29 is 22.4 Å². The van der Waals surface area contributed by atoms with Gasteiger partial charge in [0.15, 0.2) is 5.76 Å². The van der Waals surface area contributed by atoms with Crippen LogP contribution in [0.5, 0.6) is 0 Å². The number of nitrogens with one attached hydrogen (secondary N) is 1. The normalized spacial score (nSPS) is 14.7.